The first-order valence-corrected chi connectivity index (χ1v) is 16.4. The van der Waals surface area contributed by atoms with E-state index in [-0.39, 0.29) is 0 Å². The second-order valence-electron chi connectivity index (χ2n) is 12.4. The van der Waals surface area contributed by atoms with E-state index >= 15 is 0 Å². The molecule has 0 unspecified atom stereocenters. The first kappa shape index (κ1) is 28.1. The molecule has 6 aromatic carbocycles. The molecule has 1 aliphatic carbocycles. The normalized spacial score (nSPS) is 13.8. The highest BCUT2D eigenvalue weighted by atomic mass is 16.5. The van der Waals surface area contributed by atoms with Crippen molar-refractivity contribution in [1.82, 2.24) is 9.55 Å². The van der Waals surface area contributed by atoms with E-state index in [1.807, 2.05) is 49.4 Å². The van der Waals surface area contributed by atoms with Gasteiger partial charge in [0, 0.05) is 22.4 Å². The Morgan fingerprint density at radius 3 is 1.98 bits per heavy atom. The Morgan fingerprint density at radius 1 is 0.625 bits per heavy atom. The molecule has 9 rings (SSSR count). The fraction of sp³-hybridized carbons (Fsp3) is 0.0444. The summed E-state index contributed by atoms with van der Waals surface area (Å²) in [7, 11) is 0. The van der Waals surface area contributed by atoms with Crippen molar-refractivity contribution in [2.24, 2.45) is 0 Å². The molecule has 0 fully saturated rings. The van der Waals surface area contributed by atoms with Crippen molar-refractivity contribution >= 4 is 16.7 Å². The molecule has 1 spiro atoms. The zero-order chi connectivity index (χ0) is 32.2. The van der Waals surface area contributed by atoms with Gasteiger partial charge in [0.2, 0.25) is 0 Å². The van der Waals surface area contributed by atoms with E-state index in [1.165, 1.54) is 27.8 Å². The number of nitrogens with zero attached hydrogens (tertiary/aromatic N) is 2. The Balaban J connectivity index is 1.16. The molecule has 0 radical (unpaired) electrons. The lowest BCUT2D eigenvalue weighted by atomic mass is 9.66. The Labute approximate surface area is 280 Å². The van der Waals surface area contributed by atoms with Gasteiger partial charge in [0.15, 0.2) is 0 Å². The smallest absolute Gasteiger partial charge is 0.145 e. The van der Waals surface area contributed by atoms with Crippen molar-refractivity contribution in [3.63, 3.8) is 0 Å². The number of rotatable bonds is 5. The third-order valence-electron chi connectivity index (χ3n) is 9.77. The minimum atomic E-state index is -0.456. The molecule has 0 saturated carbocycles. The van der Waals surface area contributed by atoms with Gasteiger partial charge in [-0.1, -0.05) is 140 Å². The van der Waals surface area contributed by atoms with E-state index in [4.69, 9.17) is 9.72 Å². The van der Waals surface area contributed by atoms with Gasteiger partial charge in [-0.05, 0) is 70.6 Å². The molecule has 0 amide bonds. The number of imidazole rings is 1. The quantitative estimate of drug-likeness (QED) is 0.180. The van der Waals surface area contributed by atoms with E-state index in [1.54, 1.807) is 0 Å². The van der Waals surface area contributed by atoms with Gasteiger partial charge >= 0.3 is 0 Å². The number of hydrogen-bond donors (Lipinski definition) is 0. The van der Waals surface area contributed by atoms with Crippen molar-refractivity contribution in [1.29, 1.82) is 0 Å². The standard InChI is InChI=1S/C45H32N2O/c1-3-4-5-14-30(2)47-41-21-12-11-20-40(41)46-44(47)32-25-23-31(24-26-32)33-27-28-39-43(29-33)48-42-22-13-10-19-38(42)45(39)36-17-8-6-15-34(36)35-16-7-9-18-37(35)45/h3-29H,2H2,1H3/b4-3-,14-5-. The van der Waals surface area contributed by atoms with Crippen LogP contribution in [-0.2, 0) is 5.41 Å². The topological polar surface area (TPSA) is 27.1 Å². The summed E-state index contributed by atoms with van der Waals surface area (Å²) in [6.07, 6.45) is 8.04. The summed E-state index contributed by atoms with van der Waals surface area (Å²) >= 11 is 0. The van der Waals surface area contributed by atoms with Crippen molar-refractivity contribution < 1.29 is 4.74 Å². The van der Waals surface area contributed by atoms with E-state index < -0.39 is 5.41 Å². The first-order valence-electron chi connectivity index (χ1n) is 16.4. The van der Waals surface area contributed by atoms with Crippen LogP contribution >= 0.6 is 0 Å². The van der Waals surface area contributed by atoms with Crippen LogP contribution in [-0.4, -0.2) is 9.55 Å². The summed E-state index contributed by atoms with van der Waals surface area (Å²) in [5.74, 6) is 2.64. The number of allylic oxidation sites excluding steroid dienone is 5. The van der Waals surface area contributed by atoms with Crippen LogP contribution in [0.25, 0.3) is 50.4 Å². The highest BCUT2D eigenvalue weighted by molar-refractivity contribution is 5.89. The summed E-state index contributed by atoms with van der Waals surface area (Å²) in [4.78, 5) is 5.02. The third kappa shape index (κ3) is 4.04. The third-order valence-corrected chi connectivity index (χ3v) is 9.77. The van der Waals surface area contributed by atoms with Gasteiger partial charge in [-0.2, -0.15) is 0 Å². The lowest BCUT2D eigenvalue weighted by Crippen LogP contribution is -2.32. The van der Waals surface area contributed by atoms with Crippen molar-refractivity contribution in [2.45, 2.75) is 12.3 Å². The number of ether oxygens (including phenoxy) is 1. The maximum atomic E-state index is 6.73. The molecule has 2 heterocycles. The van der Waals surface area contributed by atoms with Gasteiger partial charge in [-0.15, -0.1) is 0 Å². The molecular weight excluding hydrogens is 585 g/mol. The van der Waals surface area contributed by atoms with E-state index in [9.17, 15) is 0 Å². The van der Waals surface area contributed by atoms with Crippen LogP contribution in [0, 0.1) is 0 Å². The Kier molecular flexibility index (Phi) is 6.41. The molecule has 48 heavy (non-hydrogen) atoms. The molecule has 2 aliphatic rings. The van der Waals surface area contributed by atoms with Gasteiger partial charge in [0.1, 0.15) is 17.3 Å². The SMILES string of the molecule is C=C(/C=C\C=C/C)n1c(-c2ccc(-c3ccc4c(c3)Oc3ccccc3C43c4ccccc4-c4ccccc43)cc2)nc2ccccc21. The van der Waals surface area contributed by atoms with Crippen molar-refractivity contribution in [2.75, 3.05) is 0 Å². The monoisotopic (exact) mass is 616 g/mol. The molecule has 3 heteroatoms. The van der Waals surface area contributed by atoms with Gasteiger partial charge < -0.3 is 4.74 Å². The Bertz CT molecular complexity index is 2410. The highest BCUT2D eigenvalue weighted by Crippen LogP contribution is 2.62. The lowest BCUT2D eigenvalue weighted by Gasteiger charge is -2.39. The van der Waals surface area contributed by atoms with E-state index in [0.717, 1.165) is 56.3 Å². The van der Waals surface area contributed by atoms with Crippen LogP contribution in [0.15, 0.2) is 170 Å². The second-order valence-corrected chi connectivity index (χ2v) is 12.4. The summed E-state index contributed by atoms with van der Waals surface area (Å²) in [5.41, 5.74) is 13.1. The molecule has 0 bridgehead atoms. The van der Waals surface area contributed by atoms with E-state index in [0.29, 0.717) is 0 Å². The van der Waals surface area contributed by atoms with Gasteiger partial charge in [-0.3, -0.25) is 4.57 Å². The van der Waals surface area contributed by atoms with Crippen molar-refractivity contribution in [3.05, 3.63) is 193 Å². The molecular formula is C45H32N2O. The summed E-state index contributed by atoms with van der Waals surface area (Å²) < 4.78 is 8.86. The molecule has 0 atom stereocenters. The number of benzene rings is 6. The number of aromatic nitrogens is 2. The number of para-hydroxylation sites is 3. The maximum absolute atomic E-state index is 6.73. The fourth-order valence-electron chi connectivity index (χ4n) is 7.71. The summed E-state index contributed by atoms with van der Waals surface area (Å²) in [6, 6.07) is 49.7. The molecule has 1 aromatic heterocycles. The second kappa shape index (κ2) is 11.0. The molecule has 228 valence electrons. The molecule has 1 aliphatic heterocycles. The highest BCUT2D eigenvalue weighted by Gasteiger charge is 2.50. The zero-order valence-electron chi connectivity index (χ0n) is 26.6. The average Bonchev–Trinajstić information content (AvgIpc) is 3.67. The van der Waals surface area contributed by atoms with Crippen LogP contribution < -0.4 is 4.74 Å². The van der Waals surface area contributed by atoms with Gasteiger partial charge in [-0.25, -0.2) is 4.98 Å². The van der Waals surface area contributed by atoms with Crippen LogP contribution in [0.5, 0.6) is 11.5 Å². The van der Waals surface area contributed by atoms with Crippen LogP contribution in [0.2, 0.25) is 0 Å². The molecule has 3 nitrogen and oxygen atoms in total. The molecule has 0 N–H and O–H groups in total. The molecule has 0 saturated heterocycles. The van der Waals surface area contributed by atoms with Crippen LogP contribution in [0.3, 0.4) is 0 Å². The first-order chi connectivity index (χ1) is 23.7. The summed E-state index contributed by atoms with van der Waals surface area (Å²) in [6.45, 7) is 6.38. The predicted molar refractivity (Wildman–Crippen MR) is 197 cm³/mol. The van der Waals surface area contributed by atoms with E-state index in [2.05, 4.69) is 132 Å². The zero-order valence-corrected chi connectivity index (χ0v) is 26.6. The number of fused-ring (bicyclic) bond motifs is 10. The van der Waals surface area contributed by atoms with Gasteiger partial charge in [0.25, 0.3) is 0 Å². The summed E-state index contributed by atoms with van der Waals surface area (Å²) in [5, 5.41) is 0. The Hall–Kier alpha value is -6.19. The van der Waals surface area contributed by atoms with Gasteiger partial charge in [0.05, 0.1) is 16.4 Å². The maximum Gasteiger partial charge on any atom is 0.145 e. The fourth-order valence-corrected chi connectivity index (χ4v) is 7.71. The minimum Gasteiger partial charge on any atom is -0.457 e. The Morgan fingerprint density at radius 2 is 1.23 bits per heavy atom. The van der Waals surface area contributed by atoms with Crippen LogP contribution in [0.1, 0.15) is 29.2 Å². The average molecular weight is 617 g/mol. The predicted octanol–water partition coefficient (Wildman–Crippen LogP) is 11.4. The number of hydrogen-bond acceptors (Lipinski definition) is 2. The van der Waals surface area contributed by atoms with Crippen LogP contribution in [0.4, 0.5) is 0 Å². The lowest BCUT2D eigenvalue weighted by molar-refractivity contribution is 0.436. The largest absolute Gasteiger partial charge is 0.457 e. The minimum absolute atomic E-state index is 0.456. The molecule has 7 aromatic rings. The van der Waals surface area contributed by atoms with Crippen molar-refractivity contribution in [3.8, 4) is 45.1 Å².